The predicted molar refractivity (Wildman–Crippen MR) is 63.7 cm³/mol. The molecule has 1 aromatic heterocycles. The molecule has 0 aliphatic rings. The van der Waals surface area contributed by atoms with Crippen molar-refractivity contribution in [2.75, 3.05) is 32.5 Å². The average molecular weight is 249 g/mol. The van der Waals surface area contributed by atoms with E-state index in [0.717, 1.165) is 19.5 Å². The molecule has 0 radical (unpaired) electrons. The lowest BCUT2D eigenvalue weighted by Crippen LogP contribution is -2.16. The van der Waals surface area contributed by atoms with E-state index in [1.807, 2.05) is 14.1 Å². The highest BCUT2D eigenvalue weighted by Gasteiger charge is 2.02. The normalized spacial score (nSPS) is 10.7. The smallest absolute Gasteiger partial charge is 0.224 e. The van der Waals surface area contributed by atoms with Crippen molar-refractivity contribution < 1.29 is 0 Å². The molecule has 84 valence electrons. The minimum Gasteiger partial charge on any atom is -0.369 e. The monoisotopic (exact) mass is 248 g/mol. The SMILES string of the molecule is CN(C)CCCNc1nc(Cl)ncc1Cl. The van der Waals surface area contributed by atoms with E-state index in [1.54, 1.807) is 0 Å². The van der Waals surface area contributed by atoms with Crippen molar-refractivity contribution in [3.8, 4) is 0 Å². The molecule has 0 fully saturated rings. The summed E-state index contributed by atoms with van der Waals surface area (Å²) in [5.41, 5.74) is 0. The first kappa shape index (κ1) is 12.5. The summed E-state index contributed by atoms with van der Waals surface area (Å²) >= 11 is 11.5. The highest BCUT2D eigenvalue weighted by molar-refractivity contribution is 6.33. The number of hydrogen-bond donors (Lipinski definition) is 1. The molecule has 0 aliphatic heterocycles. The zero-order chi connectivity index (χ0) is 11.3. The van der Waals surface area contributed by atoms with Crippen LogP contribution in [-0.2, 0) is 0 Å². The van der Waals surface area contributed by atoms with Gasteiger partial charge in [-0.3, -0.25) is 0 Å². The molecule has 1 aromatic rings. The maximum atomic E-state index is 5.88. The van der Waals surface area contributed by atoms with Crippen LogP contribution in [0.15, 0.2) is 6.20 Å². The van der Waals surface area contributed by atoms with E-state index in [2.05, 4.69) is 20.2 Å². The van der Waals surface area contributed by atoms with E-state index in [0.29, 0.717) is 10.8 Å². The van der Waals surface area contributed by atoms with Crippen molar-refractivity contribution in [3.05, 3.63) is 16.5 Å². The number of rotatable bonds is 5. The summed E-state index contributed by atoms with van der Waals surface area (Å²) in [4.78, 5) is 9.88. The Morgan fingerprint density at radius 2 is 2.13 bits per heavy atom. The average Bonchev–Trinajstić information content (AvgIpc) is 2.17. The molecule has 6 heteroatoms. The molecule has 0 bridgehead atoms. The fraction of sp³-hybridized carbons (Fsp3) is 0.556. The third kappa shape index (κ3) is 4.64. The van der Waals surface area contributed by atoms with Gasteiger partial charge >= 0.3 is 0 Å². The van der Waals surface area contributed by atoms with Gasteiger partial charge in [-0.05, 0) is 38.7 Å². The summed E-state index contributed by atoms with van der Waals surface area (Å²) < 4.78 is 0. The Balaban J connectivity index is 2.40. The largest absolute Gasteiger partial charge is 0.369 e. The van der Waals surface area contributed by atoms with Gasteiger partial charge in [-0.15, -0.1) is 0 Å². The summed E-state index contributed by atoms with van der Waals surface area (Å²) in [5.74, 6) is 0.593. The Morgan fingerprint density at radius 3 is 2.80 bits per heavy atom. The fourth-order valence-corrected chi connectivity index (χ4v) is 1.36. The van der Waals surface area contributed by atoms with Crippen LogP contribution in [0.5, 0.6) is 0 Å². The second-order valence-corrected chi connectivity index (χ2v) is 4.16. The zero-order valence-corrected chi connectivity index (χ0v) is 10.3. The fourth-order valence-electron chi connectivity index (χ4n) is 1.07. The Bertz CT molecular complexity index is 317. The number of anilines is 1. The second-order valence-electron chi connectivity index (χ2n) is 3.42. The second kappa shape index (κ2) is 6.10. The lowest BCUT2D eigenvalue weighted by Gasteiger charge is -2.10. The highest BCUT2D eigenvalue weighted by atomic mass is 35.5. The van der Waals surface area contributed by atoms with Gasteiger partial charge in [-0.1, -0.05) is 11.6 Å². The lowest BCUT2D eigenvalue weighted by molar-refractivity contribution is 0.405. The Labute approximate surface area is 99.6 Å². The highest BCUT2D eigenvalue weighted by Crippen LogP contribution is 2.18. The van der Waals surface area contributed by atoms with Crippen LogP contribution < -0.4 is 5.32 Å². The zero-order valence-electron chi connectivity index (χ0n) is 8.80. The molecule has 0 amide bonds. The number of hydrogen-bond acceptors (Lipinski definition) is 4. The molecule has 0 atom stereocenters. The van der Waals surface area contributed by atoms with Crippen LogP contribution in [0.2, 0.25) is 10.3 Å². The summed E-state index contributed by atoms with van der Waals surface area (Å²) in [7, 11) is 4.07. The van der Waals surface area contributed by atoms with Crippen LogP contribution in [0.3, 0.4) is 0 Å². The number of nitrogens with zero attached hydrogens (tertiary/aromatic N) is 3. The summed E-state index contributed by atoms with van der Waals surface area (Å²) in [6.07, 6.45) is 2.51. The van der Waals surface area contributed by atoms with Crippen LogP contribution in [0.4, 0.5) is 5.82 Å². The van der Waals surface area contributed by atoms with Gasteiger partial charge in [0.25, 0.3) is 0 Å². The topological polar surface area (TPSA) is 41.0 Å². The number of halogens is 2. The molecule has 0 saturated heterocycles. The maximum Gasteiger partial charge on any atom is 0.224 e. The first-order valence-electron chi connectivity index (χ1n) is 4.66. The van der Waals surface area contributed by atoms with Crippen LogP contribution in [0.1, 0.15) is 6.42 Å². The predicted octanol–water partition coefficient (Wildman–Crippen LogP) is 2.15. The third-order valence-electron chi connectivity index (χ3n) is 1.79. The maximum absolute atomic E-state index is 5.88. The molecule has 1 N–H and O–H groups in total. The van der Waals surface area contributed by atoms with E-state index in [9.17, 15) is 0 Å². The van der Waals surface area contributed by atoms with Gasteiger partial charge in [0.15, 0.2) is 0 Å². The van der Waals surface area contributed by atoms with Crippen molar-refractivity contribution in [2.24, 2.45) is 0 Å². The van der Waals surface area contributed by atoms with Gasteiger partial charge in [-0.2, -0.15) is 4.98 Å². The van der Waals surface area contributed by atoms with Gasteiger partial charge in [0.1, 0.15) is 10.8 Å². The van der Waals surface area contributed by atoms with E-state index >= 15 is 0 Å². The van der Waals surface area contributed by atoms with Crippen LogP contribution >= 0.6 is 23.2 Å². The minimum atomic E-state index is 0.203. The van der Waals surface area contributed by atoms with E-state index in [4.69, 9.17) is 23.2 Å². The van der Waals surface area contributed by atoms with Crippen molar-refractivity contribution in [3.63, 3.8) is 0 Å². The van der Waals surface area contributed by atoms with Gasteiger partial charge < -0.3 is 10.2 Å². The molecular formula is C9H14Cl2N4. The van der Waals surface area contributed by atoms with Gasteiger partial charge in [0.2, 0.25) is 5.28 Å². The number of aromatic nitrogens is 2. The number of nitrogens with one attached hydrogen (secondary N) is 1. The molecule has 0 saturated carbocycles. The molecule has 1 rings (SSSR count). The Hall–Kier alpha value is -0.580. The van der Waals surface area contributed by atoms with E-state index in [1.165, 1.54) is 6.20 Å². The van der Waals surface area contributed by atoms with Crippen LogP contribution in [0, 0.1) is 0 Å². The molecule has 0 unspecified atom stereocenters. The third-order valence-corrected chi connectivity index (χ3v) is 2.25. The molecule has 4 nitrogen and oxygen atoms in total. The van der Waals surface area contributed by atoms with Crippen LogP contribution in [0.25, 0.3) is 0 Å². The lowest BCUT2D eigenvalue weighted by atomic mass is 10.4. The molecular weight excluding hydrogens is 235 g/mol. The summed E-state index contributed by atoms with van der Waals surface area (Å²) in [6, 6.07) is 0. The van der Waals surface area contributed by atoms with Gasteiger partial charge in [0, 0.05) is 6.54 Å². The molecule has 1 heterocycles. The van der Waals surface area contributed by atoms with Crippen molar-refractivity contribution in [2.45, 2.75) is 6.42 Å². The van der Waals surface area contributed by atoms with E-state index in [-0.39, 0.29) is 5.28 Å². The summed E-state index contributed by atoms with van der Waals surface area (Å²) in [5, 5.41) is 3.81. The van der Waals surface area contributed by atoms with Crippen LogP contribution in [-0.4, -0.2) is 42.1 Å². The minimum absolute atomic E-state index is 0.203. The van der Waals surface area contributed by atoms with Crippen molar-refractivity contribution in [1.29, 1.82) is 0 Å². The van der Waals surface area contributed by atoms with E-state index < -0.39 is 0 Å². The molecule has 0 aliphatic carbocycles. The van der Waals surface area contributed by atoms with Gasteiger partial charge in [0.05, 0.1) is 6.20 Å². The first-order chi connectivity index (χ1) is 7.09. The van der Waals surface area contributed by atoms with Gasteiger partial charge in [-0.25, -0.2) is 4.98 Å². The summed E-state index contributed by atoms with van der Waals surface area (Å²) in [6.45, 7) is 1.83. The standard InChI is InChI=1S/C9H14Cl2N4/c1-15(2)5-3-4-12-8-7(10)6-13-9(11)14-8/h6H,3-5H2,1-2H3,(H,12,13,14). The first-order valence-corrected chi connectivity index (χ1v) is 5.42. The van der Waals surface area contributed by atoms with Crippen molar-refractivity contribution in [1.82, 2.24) is 14.9 Å². The Morgan fingerprint density at radius 1 is 1.40 bits per heavy atom. The molecule has 15 heavy (non-hydrogen) atoms. The molecule has 0 aromatic carbocycles. The van der Waals surface area contributed by atoms with Crippen molar-refractivity contribution >= 4 is 29.0 Å². The Kier molecular flexibility index (Phi) is 5.08. The molecule has 0 spiro atoms. The quantitative estimate of drug-likeness (QED) is 0.641.